The molecule has 0 heterocycles. The third-order valence-electron chi connectivity index (χ3n) is 2.31. The van der Waals surface area contributed by atoms with E-state index in [4.69, 9.17) is 16.7 Å². The van der Waals surface area contributed by atoms with Crippen LogP contribution in [0.2, 0.25) is 5.02 Å². The number of rotatable bonds is 4. The Hall–Kier alpha value is -1.29. The van der Waals surface area contributed by atoms with Crippen LogP contribution < -0.4 is 4.90 Å². The Kier molecular flexibility index (Phi) is 4.12. The molecule has 1 atom stereocenters. The number of carboxylic acids is 1. The molecule has 0 aliphatic rings. The Morgan fingerprint density at radius 3 is 2.75 bits per heavy atom. The first-order valence-electron chi connectivity index (χ1n) is 4.81. The lowest BCUT2D eigenvalue weighted by molar-refractivity contribution is -0.140. The van der Waals surface area contributed by atoms with E-state index in [1.54, 1.807) is 24.9 Å². The van der Waals surface area contributed by atoms with Gasteiger partial charge in [-0.3, -0.25) is 4.79 Å². The predicted molar refractivity (Wildman–Crippen MR) is 61.5 cm³/mol. The summed E-state index contributed by atoms with van der Waals surface area (Å²) in [5, 5.41) is 8.80. The molecule has 5 heteroatoms. The van der Waals surface area contributed by atoms with Gasteiger partial charge in [-0.05, 0) is 18.2 Å². The minimum Gasteiger partial charge on any atom is -0.481 e. The SMILES string of the molecule is CC(CN(C)c1ccc(F)c(Cl)c1)C(=O)O. The van der Waals surface area contributed by atoms with E-state index in [0.717, 1.165) is 0 Å². The van der Waals surface area contributed by atoms with Crippen LogP contribution in [-0.2, 0) is 4.79 Å². The van der Waals surface area contributed by atoms with Crippen molar-refractivity contribution >= 4 is 23.3 Å². The standard InChI is InChI=1S/C11H13ClFNO2/c1-7(11(15)16)6-14(2)8-3-4-10(13)9(12)5-8/h3-5,7H,6H2,1-2H3,(H,15,16). The van der Waals surface area contributed by atoms with Crippen LogP contribution in [0.5, 0.6) is 0 Å². The Labute approximate surface area is 98.4 Å². The maximum atomic E-state index is 12.9. The van der Waals surface area contributed by atoms with Crippen molar-refractivity contribution in [2.24, 2.45) is 5.92 Å². The number of nitrogens with zero attached hydrogens (tertiary/aromatic N) is 1. The molecule has 0 bridgehead atoms. The van der Waals surface area contributed by atoms with Crippen molar-refractivity contribution in [3.05, 3.63) is 29.0 Å². The van der Waals surface area contributed by atoms with Gasteiger partial charge in [0.1, 0.15) is 5.82 Å². The maximum Gasteiger partial charge on any atom is 0.308 e. The molecule has 1 rings (SSSR count). The van der Waals surface area contributed by atoms with Crippen LogP contribution in [-0.4, -0.2) is 24.7 Å². The molecule has 0 radical (unpaired) electrons. The lowest BCUT2D eigenvalue weighted by Gasteiger charge is -2.21. The van der Waals surface area contributed by atoms with E-state index in [-0.39, 0.29) is 5.02 Å². The lowest BCUT2D eigenvalue weighted by atomic mass is 10.1. The highest BCUT2D eigenvalue weighted by molar-refractivity contribution is 6.31. The molecule has 1 aromatic carbocycles. The smallest absolute Gasteiger partial charge is 0.308 e. The second-order valence-corrected chi connectivity index (χ2v) is 4.13. The zero-order valence-electron chi connectivity index (χ0n) is 9.08. The maximum absolute atomic E-state index is 12.9. The van der Waals surface area contributed by atoms with Crippen molar-refractivity contribution in [3.8, 4) is 0 Å². The van der Waals surface area contributed by atoms with Crippen molar-refractivity contribution in [1.29, 1.82) is 0 Å². The number of aliphatic carboxylic acids is 1. The molecule has 0 saturated carbocycles. The summed E-state index contributed by atoms with van der Waals surface area (Å²) in [6, 6.07) is 4.31. The average Bonchev–Trinajstić information content (AvgIpc) is 2.21. The van der Waals surface area contributed by atoms with E-state index in [1.165, 1.54) is 12.1 Å². The number of halogens is 2. The van der Waals surface area contributed by atoms with E-state index < -0.39 is 17.7 Å². The molecular formula is C11H13ClFNO2. The zero-order valence-corrected chi connectivity index (χ0v) is 9.83. The summed E-state index contributed by atoms with van der Waals surface area (Å²) in [4.78, 5) is 12.4. The van der Waals surface area contributed by atoms with Gasteiger partial charge in [0.15, 0.2) is 0 Å². The number of carboxylic acid groups (broad SMARTS) is 1. The van der Waals surface area contributed by atoms with Gasteiger partial charge in [0.05, 0.1) is 10.9 Å². The Morgan fingerprint density at radius 1 is 1.62 bits per heavy atom. The van der Waals surface area contributed by atoms with Crippen LogP contribution >= 0.6 is 11.6 Å². The molecule has 0 fully saturated rings. The summed E-state index contributed by atoms with van der Waals surface area (Å²) in [6.07, 6.45) is 0. The van der Waals surface area contributed by atoms with E-state index in [2.05, 4.69) is 0 Å². The van der Waals surface area contributed by atoms with Crippen molar-refractivity contribution < 1.29 is 14.3 Å². The minimum atomic E-state index is -0.861. The second kappa shape index (κ2) is 5.16. The number of anilines is 1. The van der Waals surface area contributed by atoms with Gasteiger partial charge in [-0.1, -0.05) is 18.5 Å². The Bertz CT molecular complexity index is 398. The fraction of sp³-hybridized carbons (Fsp3) is 0.364. The van der Waals surface area contributed by atoms with Crippen molar-refractivity contribution in [1.82, 2.24) is 0 Å². The topological polar surface area (TPSA) is 40.5 Å². The molecule has 1 unspecified atom stereocenters. The van der Waals surface area contributed by atoms with Gasteiger partial charge in [-0.2, -0.15) is 0 Å². The molecule has 0 aliphatic carbocycles. The van der Waals surface area contributed by atoms with Crippen LogP contribution in [0.25, 0.3) is 0 Å². The van der Waals surface area contributed by atoms with Crippen LogP contribution in [0.15, 0.2) is 18.2 Å². The molecule has 0 saturated heterocycles. The molecule has 3 nitrogen and oxygen atoms in total. The van der Waals surface area contributed by atoms with E-state index in [0.29, 0.717) is 12.2 Å². The molecule has 0 aromatic heterocycles. The third kappa shape index (κ3) is 3.10. The number of benzene rings is 1. The van der Waals surface area contributed by atoms with E-state index in [1.807, 2.05) is 0 Å². The van der Waals surface area contributed by atoms with Gasteiger partial charge in [-0.15, -0.1) is 0 Å². The van der Waals surface area contributed by atoms with Gasteiger partial charge in [-0.25, -0.2) is 4.39 Å². The van der Waals surface area contributed by atoms with Gasteiger partial charge < -0.3 is 10.0 Å². The summed E-state index contributed by atoms with van der Waals surface area (Å²) in [7, 11) is 1.74. The summed E-state index contributed by atoms with van der Waals surface area (Å²) in [5.74, 6) is -1.83. The van der Waals surface area contributed by atoms with Crippen LogP contribution in [0.4, 0.5) is 10.1 Å². The fourth-order valence-corrected chi connectivity index (χ4v) is 1.49. The van der Waals surface area contributed by atoms with E-state index in [9.17, 15) is 9.18 Å². The van der Waals surface area contributed by atoms with Crippen molar-refractivity contribution in [2.75, 3.05) is 18.5 Å². The van der Waals surface area contributed by atoms with Gasteiger partial charge >= 0.3 is 5.97 Å². The van der Waals surface area contributed by atoms with Crippen LogP contribution in [0.1, 0.15) is 6.92 Å². The molecule has 16 heavy (non-hydrogen) atoms. The van der Waals surface area contributed by atoms with E-state index >= 15 is 0 Å². The minimum absolute atomic E-state index is 0.0346. The Balaban J connectivity index is 2.76. The summed E-state index contributed by atoms with van der Waals surface area (Å²) in [6.45, 7) is 1.96. The van der Waals surface area contributed by atoms with Gasteiger partial charge in [0.25, 0.3) is 0 Å². The lowest BCUT2D eigenvalue weighted by Crippen LogP contribution is -2.28. The first-order chi connectivity index (χ1) is 7.41. The average molecular weight is 246 g/mol. The predicted octanol–water partition coefficient (Wildman–Crippen LogP) is 2.64. The fourth-order valence-electron chi connectivity index (χ4n) is 1.32. The highest BCUT2D eigenvalue weighted by atomic mass is 35.5. The third-order valence-corrected chi connectivity index (χ3v) is 2.60. The van der Waals surface area contributed by atoms with Crippen LogP contribution in [0, 0.1) is 11.7 Å². The van der Waals surface area contributed by atoms with Crippen molar-refractivity contribution in [3.63, 3.8) is 0 Å². The summed E-state index contributed by atoms with van der Waals surface area (Å²) in [5.41, 5.74) is 0.694. The first-order valence-corrected chi connectivity index (χ1v) is 5.18. The first kappa shape index (κ1) is 12.8. The zero-order chi connectivity index (χ0) is 12.3. The summed E-state index contributed by atoms with van der Waals surface area (Å²) >= 11 is 5.64. The largest absolute Gasteiger partial charge is 0.481 e. The monoisotopic (exact) mass is 245 g/mol. The second-order valence-electron chi connectivity index (χ2n) is 3.72. The van der Waals surface area contributed by atoms with Gasteiger partial charge in [0, 0.05) is 19.3 Å². The molecule has 0 aliphatic heterocycles. The number of carbonyl (C=O) groups is 1. The molecule has 1 aromatic rings. The Morgan fingerprint density at radius 2 is 2.25 bits per heavy atom. The normalized spacial score (nSPS) is 12.2. The van der Waals surface area contributed by atoms with Crippen molar-refractivity contribution in [2.45, 2.75) is 6.92 Å². The number of hydrogen-bond donors (Lipinski definition) is 1. The molecular weight excluding hydrogens is 233 g/mol. The number of hydrogen-bond acceptors (Lipinski definition) is 2. The van der Waals surface area contributed by atoms with Crippen LogP contribution in [0.3, 0.4) is 0 Å². The highest BCUT2D eigenvalue weighted by Crippen LogP contribution is 2.22. The molecule has 1 N–H and O–H groups in total. The van der Waals surface area contributed by atoms with Gasteiger partial charge in [0.2, 0.25) is 0 Å². The highest BCUT2D eigenvalue weighted by Gasteiger charge is 2.14. The molecule has 88 valence electrons. The quantitative estimate of drug-likeness (QED) is 0.887. The summed E-state index contributed by atoms with van der Waals surface area (Å²) < 4.78 is 12.9. The molecule has 0 amide bonds. The molecule has 0 spiro atoms.